The quantitative estimate of drug-likeness (QED) is 0.117. The van der Waals surface area contributed by atoms with Gasteiger partial charge in [-0.3, -0.25) is 0 Å². The molecule has 5 saturated heterocycles. The fourth-order valence-corrected chi connectivity index (χ4v) is 5.60. The van der Waals surface area contributed by atoms with Crippen molar-refractivity contribution in [3.8, 4) is 12.1 Å². The Kier molecular flexibility index (Phi) is 83.2. The molecule has 66 heavy (non-hydrogen) atoms. The zero-order valence-corrected chi connectivity index (χ0v) is 43.2. The molecule has 26 heteroatoms. The van der Waals surface area contributed by atoms with Crippen molar-refractivity contribution in [1.82, 2.24) is 0 Å². The Bertz CT molecular complexity index is 988. The summed E-state index contributed by atoms with van der Waals surface area (Å²) in [6.07, 6.45) is 23.4. The van der Waals surface area contributed by atoms with Gasteiger partial charge in [-0.25, -0.2) is 20.8 Å². The van der Waals surface area contributed by atoms with E-state index in [9.17, 15) is 0 Å². The molecular formula is C40H78Mn4N10O12+2. The molecule has 386 valence electrons. The maximum atomic E-state index is 8.60. The van der Waals surface area contributed by atoms with Crippen LogP contribution < -0.4 is 0 Å². The number of hydrogen-bond donors (Lipinski definition) is 10. The van der Waals surface area contributed by atoms with Crippen LogP contribution in [0.3, 0.4) is 0 Å². The second kappa shape index (κ2) is 67.6. The molecule has 6 heterocycles. The average Bonchev–Trinajstić information content (AvgIpc) is 3.32. The van der Waals surface area contributed by atoms with Gasteiger partial charge in [0.05, 0.1) is 12.1 Å². The van der Waals surface area contributed by atoms with Gasteiger partial charge < -0.3 is 62.5 Å². The molecule has 5 fully saturated rings. The van der Waals surface area contributed by atoms with Gasteiger partial charge in [0, 0.05) is 87.6 Å². The molecule has 6 aliphatic rings. The molecule has 0 aromatic heterocycles. The molecule has 6 aliphatic heterocycles. The van der Waals surface area contributed by atoms with E-state index < -0.39 is 10.2 Å². The van der Waals surface area contributed by atoms with Crippen LogP contribution in [0.15, 0.2) is 23.9 Å². The van der Waals surface area contributed by atoms with Crippen LogP contribution in [0.25, 0.3) is 31.9 Å². The van der Waals surface area contributed by atoms with Gasteiger partial charge in [0.2, 0.25) is 0 Å². The van der Waals surface area contributed by atoms with Crippen molar-refractivity contribution in [2.75, 3.05) is 78.9 Å². The van der Waals surface area contributed by atoms with Crippen LogP contribution in [-0.2, 0) is 68.3 Å². The van der Waals surface area contributed by atoms with Crippen LogP contribution in [0.5, 0.6) is 0 Å². The first kappa shape index (κ1) is 81.3. The van der Waals surface area contributed by atoms with Crippen molar-refractivity contribution >= 4 is 0 Å². The maximum Gasteiger partial charge on any atom is 3.00 e. The second-order valence-corrected chi connectivity index (χ2v) is 13.7. The number of allylic oxidation sites excluding steroid dienone is 2. The standard InChI is InChI=1S/5C6H12NO.C6H8NO.2C2H3N.4Mn.2H2NO3/c6*8-5-6-3-1-2-4-7-6;2*1-2-3;;;;;2*2-1(3)4/h5*6,8H,1-5H2;1-3,8H,4-5H2;2*1H3;;;;;2*(H2,2,3,4)/q6*-1;;;;;2*+3;2*+1. The van der Waals surface area contributed by atoms with Gasteiger partial charge in [-0.1, -0.05) is 108 Å². The molecule has 2 radical (unpaired) electrons. The first-order chi connectivity index (χ1) is 29.9. The number of aliphatic hydroxyl groups excluding tert-OH is 6. The summed E-state index contributed by atoms with van der Waals surface area (Å²) in [6.45, 7) is 9.70. The molecular weight excluding hydrogens is 1030 g/mol. The van der Waals surface area contributed by atoms with Gasteiger partial charge in [0.25, 0.3) is 0 Å². The molecule has 6 rings (SSSR count). The first-order valence-corrected chi connectivity index (χ1v) is 21.2. The van der Waals surface area contributed by atoms with Crippen LogP contribution >= 0.6 is 0 Å². The van der Waals surface area contributed by atoms with E-state index in [1.54, 1.807) is 12.1 Å². The Morgan fingerprint density at radius 1 is 0.515 bits per heavy atom. The van der Waals surface area contributed by atoms with E-state index in [4.69, 9.17) is 71.8 Å². The molecule has 10 N–H and O–H groups in total. The van der Waals surface area contributed by atoms with Crippen LogP contribution in [0.2, 0.25) is 0 Å². The van der Waals surface area contributed by atoms with Gasteiger partial charge >= 0.3 is 44.3 Å². The molecule has 0 bridgehead atoms. The predicted octanol–water partition coefficient (Wildman–Crippen LogP) is 5.47. The Labute approximate surface area is 435 Å². The maximum absolute atomic E-state index is 8.60. The average molecular weight is 1110 g/mol. The van der Waals surface area contributed by atoms with Crippen molar-refractivity contribution in [3.63, 3.8) is 0 Å². The van der Waals surface area contributed by atoms with Crippen LogP contribution in [0.1, 0.15) is 110 Å². The normalized spacial score (nSPS) is 21.5. The zero-order valence-electron chi connectivity index (χ0n) is 38.5. The van der Waals surface area contributed by atoms with E-state index in [-0.39, 0.29) is 138 Å². The largest absolute Gasteiger partial charge is 3.00 e. The van der Waals surface area contributed by atoms with Gasteiger partial charge in [0.15, 0.2) is 0 Å². The Morgan fingerprint density at radius 3 is 0.818 bits per heavy atom. The van der Waals surface area contributed by atoms with Crippen molar-refractivity contribution in [2.24, 2.45) is 0 Å². The van der Waals surface area contributed by atoms with E-state index in [0.717, 1.165) is 70.5 Å². The second-order valence-electron chi connectivity index (χ2n) is 13.7. The van der Waals surface area contributed by atoms with Crippen molar-refractivity contribution in [3.05, 3.63) is 65.6 Å². The van der Waals surface area contributed by atoms with E-state index >= 15 is 0 Å². The number of hydrogen-bond acceptors (Lipinski definition) is 10. The van der Waals surface area contributed by atoms with E-state index in [0.29, 0.717) is 6.54 Å². The third kappa shape index (κ3) is 68.9. The van der Waals surface area contributed by atoms with E-state index in [1.165, 1.54) is 78.1 Å². The summed E-state index contributed by atoms with van der Waals surface area (Å²) in [7, 11) is 0. The summed E-state index contributed by atoms with van der Waals surface area (Å²) in [4.78, 5) is 16.9. The smallest absolute Gasteiger partial charge is 0.683 e. The monoisotopic (exact) mass is 1110 g/mol. The Hall–Kier alpha value is -1.70. The summed E-state index contributed by atoms with van der Waals surface area (Å²) in [5.41, 5.74) is 0.771. The molecule has 0 amide bonds. The Morgan fingerprint density at radius 2 is 0.727 bits per heavy atom. The third-order valence-corrected chi connectivity index (χ3v) is 8.70. The molecule has 5 unspecified atom stereocenters. The molecule has 0 saturated carbocycles. The first-order valence-electron chi connectivity index (χ1n) is 21.2. The van der Waals surface area contributed by atoms with Gasteiger partial charge in [-0.2, -0.15) is 10.5 Å². The summed E-state index contributed by atoms with van der Waals surface area (Å²) in [5, 5.41) is 116. The molecule has 22 nitrogen and oxygen atoms in total. The number of nitrogens with zero attached hydrogens (tertiary/aromatic N) is 10. The van der Waals surface area contributed by atoms with Crippen molar-refractivity contribution < 1.29 is 130 Å². The molecule has 0 aromatic rings. The van der Waals surface area contributed by atoms with Crippen LogP contribution in [0.4, 0.5) is 0 Å². The van der Waals surface area contributed by atoms with E-state index in [1.807, 2.05) is 18.2 Å². The minimum Gasteiger partial charge on any atom is -0.683 e. The van der Waals surface area contributed by atoms with Gasteiger partial charge in [-0.05, 0) is 0 Å². The zero-order chi connectivity index (χ0) is 47.5. The van der Waals surface area contributed by atoms with Crippen LogP contribution in [-0.4, -0.2) is 171 Å². The van der Waals surface area contributed by atoms with Gasteiger partial charge in [-0.15, -0.1) is 81.3 Å². The number of aliphatic hydroxyl groups is 6. The molecule has 0 spiro atoms. The van der Waals surface area contributed by atoms with Crippen molar-refractivity contribution in [1.29, 1.82) is 10.5 Å². The summed E-state index contributed by atoms with van der Waals surface area (Å²) in [6, 6.07) is 4.84. The third-order valence-electron chi connectivity index (χ3n) is 8.70. The number of rotatable bonds is 6. The molecule has 0 aromatic carbocycles. The fraction of sp³-hybridized carbons (Fsp3) is 0.850. The summed E-state index contributed by atoms with van der Waals surface area (Å²) < 4.78 is 0. The number of nitriles is 2. The predicted molar refractivity (Wildman–Crippen MR) is 234 cm³/mol. The van der Waals surface area contributed by atoms with Crippen molar-refractivity contribution in [2.45, 2.75) is 140 Å². The minimum atomic E-state index is -1.25. The van der Waals surface area contributed by atoms with Gasteiger partial charge in [0.1, 0.15) is 9.81 Å². The molecule has 5 atom stereocenters. The topological polar surface area (TPSA) is 375 Å². The molecule has 0 aliphatic carbocycles. The number of piperidine rings is 5. The van der Waals surface area contributed by atoms with E-state index in [2.05, 4.69) is 31.9 Å². The minimum absolute atomic E-state index is 0. The summed E-state index contributed by atoms with van der Waals surface area (Å²) >= 11 is 0. The SMILES string of the molecule is CC#N.CC#N.O=[N+](O)O.O=[N+](O)O.OCC1=CC=CC[N-]1.OCC1CCCC[N-]1.OCC1CCCC[N-]1.OCC1CCCC[N-]1.OCC1CCCC[N-]1.OCC1CCCC[N-]1.[Mn+3].[Mn+3].[Mn].[Mn]. The van der Waals surface area contributed by atoms with Crippen LogP contribution in [0, 0.1) is 32.5 Å². The summed E-state index contributed by atoms with van der Waals surface area (Å²) in [5.74, 6) is 0. The fourth-order valence-electron chi connectivity index (χ4n) is 5.60. The Balaban J connectivity index is -0.0000000955.